The summed E-state index contributed by atoms with van der Waals surface area (Å²) in [7, 11) is 0. The number of hydrogen-bond donors (Lipinski definition) is 2. The predicted molar refractivity (Wildman–Crippen MR) is 75.4 cm³/mol. The summed E-state index contributed by atoms with van der Waals surface area (Å²) >= 11 is 0. The molecule has 112 valence electrons. The fourth-order valence-electron chi connectivity index (χ4n) is 2.60. The molecule has 1 aliphatic carbocycles. The number of carbonyl (C=O) groups is 1. The van der Waals surface area contributed by atoms with E-state index in [1.54, 1.807) is 0 Å². The smallest absolute Gasteiger partial charge is 0.227 e. The molecule has 0 radical (unpaired) electrons. The van der Waals surface area contributed by atoms with Crippen LogP contribution in [0.15, 0.2) is 18.2 Å². The van der Waals surface area contributed by atoms with Crippen LogP contribution in [0.2, 0.25) is 0 Å². The van der Waals surface area contributed by atoms with Crippen molar-refractivity contribution in [2.75, 3.05) is 6.54 Å². The van der Waals surface area contributed by atoms with Crippen molar-refractivity contribution in [3.8, 4) is 0 Å². The Labute approximate surface area is 123 Å². The number of carbonyl (C=O) groups excluding carboxylic acids is 1. The Morgan fingerprint density at radius 1 is 1.30 bits per heavy atom. The van der Waals surface area contributed by atoms with Crippen molar-refractivity contribution in [1.29, 1.82) is 0 Å². The lowest BCUT2D eigenvalue weighted by Gasteiger charge is -2.25. The largest absolute Gasteiger partial charge is 0.351 e. The average molecular weight is 305 g/mol. The molecule has 3 nitrogen and oxygen atoms in total. The maximum atomic E-state index is 13.4. The molecule has 0 spiro atoms. The van der Waals surface area contributed by atoms with Crippen molar-refractivity contribution in [2.24, 2.45) is 11.1 Å². The van der Waals surface area contributed by atoms with Crippen LogP contribution in [-0.4, -0.2) is 12.5 Å². The van der Waals surface area contributed by atoms with Crippen molar-refractivity contribution in [1.82, 2.24) is 5.32 Å². The summed E-state index contributed by atoms with van der Waals surface area (Å²) in [5.41, 5.74) is 5.48. The molecule has 1 aromatic rings. The van der Waals surface area contributed by atoms with Gasteiger partial charge in [-0.1, -0.05) is 18.9 Å². The molecule has 1 amide bonds. The van der Waals surface area contributed by atoms with Crippen LogP contribution in [0.25, 0.3) is 0 Å². The zero-order valence-corrected chi connectivity index (χ0v) is 11.9. The Morgan fingerprint density at radius 3 is 2.50 bits per heavy atom. The monoisotopic (exact) mass is 304 g/mol. The van der Waals surface area contributed by atoms with Gasteiger partial charge in [0.15, 0.2) is 0 Å². The second-order valence-corrected chi connectivity index (χ2v) is 5.11. The molecule has 0 bridgehead atoms. The minimum Gasteiger partial charge on any atom is -0.351 e. The van der Waals surface area contributed by atoms with Gasteiger partial charge >= 0.3 is 0 Å². The van der Waals surface area contributed by atoms with Gasteiger partial charge in [-0.05, 0) is 18.9 Å². The number of nitrogens with one attached hydrogen (secondary N) is 1. The summed E-state index contributed by atoms with van der Waals surface area (Å²) < 4.78 is 26.2. The zero-order valence-electron chi connectivity index (χ0n) is 11.1. The van der Waals surface area contributed by atoms with Crippen molar-refractivity contribution in [3.05, 3.63) is 35.4 Å². The van der Waals surface area contributed by atoms with Crippen molar-refractivity contribution >= 4 is 18.3 Å². The minimum absolute atomic E-state index is 0. The van der Waals surface area contributed by atoms with Gasteiger partial charge in [0.05, 0.1) is 5.41 Å². The molecule has 0 heterocycles. The van der Waals surface area contributed by atoms with Crippen LogP contribution in [0, 0.1) is 17.0 Å². The Hall–Kier alpha value is -1.20. The molecule has 0 atom stereocenters. The molecule has 0 unspecified atom stereocenters. The highest BCUT2D eigenvalue weighted by Crippen LogP contribution is 2.37. The summed E-state index contributed by atoms with van der Waals surface area (Å²) in [4.78, 5) is 12.2. The molecule has 1 saturated carbocycles. The number of amides is 1. The standard InChI is InChI=1S/C14H18F2N2O.ClH/c15-11-4-3-10(12(16)7-11)8-18-13(19)14(9-17)5-1-2-6-14;/h3-4,7H,1-2,5-6,8-9,17H2,(H,18,19);1H. The molecule has 0 aromatic heterocycles. The first-order valence-corrected chi connectivity index (χ1v) is 6.50. The number of rotatable bonds is 4. The minimum atomic E-state index is -0.645. The molecule has 3 N–H and O–H groups in total. The van der Waals surface area contributed by atoms with E-state index in [0.717, 1.165) is 31.7 Å². The highest BCUT2D eigenvalue weighted by atomic mass is 35.5. The highest BCUT2D eigenvalue weighted by Gasteiger charge is 2.39. The molecular formula is C14H19ClF2N2O. The summed E-state index contributed by atoms with van der Waals surface area (Å²) in [6.45, 7) is 0.372. The van der Waals surface area contributed by atoms with Gasteiger partial charge < -0.3 is 11.1 Å². The van der Waals surface area contributed by atoms with E-state index >= 15 is 0 Å². The van der Waals surface area contributed by atoms with Gasteiger partial charge in [0.2, 0.25) is 5.91 Å². The van der Waals surface area contributed by atoms with E-state index in [4.69, 9.17) is 5.73 Å². The number of halogens is 3. The third kappa shape index (κ3) is 3.46. The topological polar surface area (TPSA) is 55.1 Å². The van der Waals surface area contributed by atoms with Crippen LogP contribution in [-0.2, 0) is 11.3 Å². The van der Waals surface area contributed by atoms with Gasteiger partial charge in [-0.15, -0.1) is 12.4 Å². The average Bonchev–Trinajstić information content (AvgIpc) is 2.87. The van der Waals surface area contributed by atoms with E-state index in [2.05, 4.69) is 5.32 Å². The normalized spacial score (nSPS) is 16.6. The fraction of sp³-hybridized carbons (Fsp3) is 0.500. The van der Waals surface area contributed by atoms with Crippen molar-refractivity contribution < 1.29 is 13.6 Å². The third-order valence-corrected chi connectivity index (χ3v) is 3.89. The lowest BCUT2D eigenvalue weighted by molar-refractivity contribution is -0.130. The number of hydrogen-bond acceptors (Lipinski definition) is 2. The second-order valence-electron chi connectivity index (χ2n) is 5.11. The lowest BCUT2D eigenvalue weighted by atomic mass is 9.85. The lowest BCUT2D eigenvalue weighted by Crippen LogP contribution is -2.43. The Bertz CT molecular complexity index is 476. The maximum Gasteiger partial charge on any atom is 0.227 e. The summed E-state index contributed by atoms with van der Waals surface area (Å²) in [5.74, 6) is -1.40. The van der Waals surface area contributed by atoms with Gasteiger partial charge in [0, 0.05) is 24.7 Å². The van der Waals surface area contributed by atoms with Crippen LogP contribution in [0.5, 0.6) is 0 Å². The van der Waals surface area contributed by atoms with Gasteiger partial charge in [0.1, 0.15) is 11.6 Å². The first kappa shape index (κ1) is 16.9. The van der Waals surface area contributed by atoms with Gasteiger partial charge in [0.25, 0.3) is 0 Å². The second kappa shape index (κ2) is 6.99. The highest BCUT2D eigenvalue weighted by molar-refractivity contribution is 5.85. The molecule has 1 aliphatic rings. The molecule has 2 rings (SSSR count). The van der Waals surface area contributed by atoms with Crippen LogP contribution >= 0.6 is 12.4 Å². The van der Waals surface area contributed by atoms with Crippen LogP contribution < -0.4 is 11.1 Å². The van der Waals surface area contributed by atoms with E-state index in [9.17, 15) is 13.6 Å². The number of nitrogens with two attached hydrogens (primary N) is 1. The summed E-state index contributed by atoms with van der Waals surface area (Å²) in [5, 5.41) is 2.71. The Balaban J connectivity index is 0.00000200. The Kier molecular flexibility index (Phi) is 5.89. The van der Waals surface area contributed by atoms with E-state index in [0.29, 0.717) is 6.54 Å². The van der Waals surface area contributed by atoms with Crippen LogP contribution in [0.1, 0.15) is 31.2 Å². The number of benzene rings is 1. The first-order chi connectivity index (χ1) is 9.07. The molecule has 0 saturated heterocycles. The summed E-state index contributed by atoms with van der Waals surface area (Å²) in [6.07, 6.45) is 3.55. The van der Waals surface area contributed by atoms with Gasteiger partial charge in [-0.3, -0.25) is 4.79 Å². The van der Waals surface area contributed by atoms with Gasteiger partial charge in [-0.25, -0.2) is 8.78 Å². The molecule has 20 heavy (non-hydrogen) atoms. The molecule has 1 aromatic carbocycles. The van der Waals surface area contributed by atoms with E-state index < -0.39 is 17.0 Å². The zero-order chi connectivity index (χ0) is 13.9. The third-order valence-electron chi connectivity index (χ3n) is 3.89. The van der Waals surface area contributed by atoms with E-state index in [1.807, 2.05) is 0 Å². The molecule has 6 heteroatoms. The van der Waals surface area contributed by atoms with Crippen molar-refractivity contribution in [3.63, 3.8) is 0 Å². The first-order valence-electron chi connectivity index (χ1n) is 6.50. The maximum absolute atomic E-state index is 13.4. The quantitative estimate of drug-likeness (QED) is 0.898. The van der Waals surface area contributed by atoms with Crippen LogP contribution in [0.4, 0.5) is 8.78 Å². The SMILES string of the molecule is Cl.NCC1(C(=O)NCc2ccc(F)cc2F)CCCC1. The molecule has 0 aliphatic heterocycles. The molecular weight excluding hydrogens is 286 g/mol. The Morgan fingerprint density at radius 2 is 1.95 bits per heavy atom. The van der Waals surface area contributed by atoms with Gasteiger partial charge in [-0.2, -0.15) is 0 Å². The predicted octanol–water partition coefficient (Wildman–Crippen LogP) is 2.52. The fourth-order valence-corrected chi connectivity index (χ4v) is 2.60. The molecule has 1 fully saturated rings. The summed E-state index contributed by atoms with van der Waals surface area (Å²) in [6, 6.07) is 3.34. The van der Waals surface area contributed by atoms with Crippen molar-refractivity contribution in [2.45, 2.75) is 32.2 Å². The van der Waals surface area contributed by atoms with E-state index in [1.165, 1.54) is 12.1 Å². The van der Waals surface area contributed by atoms with Crippen LogP contribution in [0.3, 0.4) is 0 Å². The van der Waals surface area contributed by atoms with E-state index in [-0.39, 0.29) is 30.4 Å².